The van der Waals surface area contributed by atoms with Gasteiger partial charge in [-0.05, 0) is 45.1 Å². The molecule has 16 heavy (non-hydrogen) atoms. The third-order valence-electron chi connectivity index (χ3n) is 3.97. The molecule has 1 aliphatic rings. The molecule has 0 aromatic rings. The van der Waals surface area contributed by atoms with Crippen LogP contribution in [0.4, 0.5) is 0 Å². The van der Waals surface area contributed by atoms with Gasteiger partial charge in [-0.2, -0.15) is 0 Å². The Hall–Kier alpha value is -0.0800. The normalized spacial score (nSPS) is 26.2. The van der Waals surface area contributed by atoms with E-state index in [2.05, 4.69) is 31.3 Å². The molecule has 0 aliphatic heterocycles. The van der Waals surface area contributed by atoms with Gasteiger partial charge in [0.15, 0.2) is 0 Å². The third-order valence-corrected chi connectivity index (χ3v) is 3.97. The molecule has 0 aromatic heterocycles. The molecule has 1 fully saturated rings. The maximum atomic E-state index is 3.40. The highest BCUT2D eigenvalue weighted by Gasteiger charge is 2.22. The molecule has 0 radical (unpaired) electrons. The van der Waals surface area contributed by atoms with Crippen molar-refractivity contribution in [2.24, 2.45) is 5.92 Å². The van der Waals surface area contributed by atoms with Crippen LogP contribution in [0.1, 0.15) is 65.2 Å². The molecule has 2 nitrogen and oxygen atoms in total. The fraction of sp³-hybridized carbons (Fsp3) is 1.00. The van der Waals surface area contributed by atoms with E-state index < -0.39 is 0 Å². The fourth-order valence-electron chi connectivity index (χ4n) is 2.74. The van der Waals surface area contributed by atoms with Gasteiger partial charge in [0.25, 0.3) is 0 Å². The van der Waals surface area contributed by atoms with Crippen molar-refractivity contribution in [1.82, 2.24) is 10.4 Å². The summed E-state index contributed by atoms with van der Waals surface area (Å²) in [7, 11) is 2.08. The van der Waals surface area contributed by atoms with Gasteiger partial charge in [-0.1, -0.05) is 33.1 Å². The standard InChI is InChI=1S/C14H30N2/c1-4-5-6-7-12-16(15-3)14-10-8-13(2)9-11-14/h13-15H,4-12H2,1-3H3. The molecule has 0 bridgehead atoms. The second-order valence-corrected chi connectivity index (χ2v) is 5.39. The molecule has 2 heteroatoms. The number of unbranched alkanes of at least 4 members (excludes halogenated alkanes) is 3. The zero-order valence-corrected chi connectivity index (χ0v) is 11.5. The average molecular weight is 226 g/mol. The number of nitrogens with one attached hydrogen (secondary N) is 1. The van der Waals surface area contributed by atoms with Crippen LogP contribution in [-0.4, -0.2) is 24.6 Å². The molecule has 96 valence electrons. The van der Waals surface area contributed by atoms with Crippen LogP contribution in [0, 0.1) is 5.92 Å². The SMILES string of the molecule is CCCCCCN(NC)C1CCC(C)CC1. The number of rotatable bonds is 7. The molecule has 0 unspecified atom stereocenters. The first kappa shape index (κ1) is 14.0. The number of hydrogen-bond acceptors (Lipinski definition) is 2. The van der Waals surface area contributed by atoms with Crippen LogP contribution < -0.4 is 5.43 Å². The van der Waals surface area contributed by atoms with Gasteiger partial charge in [0, 0.05) is 12.6 Å². The summed E-state index contributed by atoms with van der Waals surface area (Å²) in [6.07, 6.45) is 11.1. The lowest BCUT2D eigenvalue weighted by atomic mass is 9.87. The topological polar surface area (TPSA) is 15.3 Å². The number of nitrogens with zero attached hydrogens (tertiary/aromatic N) is 1. The highest BCUT2D eigenvalue weighted by Crippen LogP contribution is 2.26. The Morgan fingerprint density at radius 3 is 2.31 bits per heavy atom. The molecule has 0 amide bonds. The zero-order chi connectivity index (χ0) is 11.8. The Balaban J connectivity index is 2.19. The monoisotopic (exact) mass is 226 g/mol. The highest BCUT2D eigenvalue weighted by atomic mass is 15.5. The van der Waals surface area contributed by atoms with Crippen molar-refractivity contribution in [3.8, 4) is 0 Å². The summed E-state index contributed by atoms with van der Waals surface area (Å²) in [4.78, 5) is 0. The van der Waals surface area contributed by atoms with E-state index >= 15 is 0 Å². The van der Waals surface area contributed by atoms with Crippen molar-refractivity contribution in [1.29, 1.82) is 0 Å². The molecular formula is C14H30N2. The van der Waals surface area contributed by atoms with Crippen LogP contribution in [0.5, 0.6) is 0 Å². The van der Waals surface area contributed by atoms with Crippen LogP contribution in [-0.2, 0) is 0 Å². The predicted octanol–water partition coefficient (Wildman–Crippen LogP) is 3.58. The average Bonchev–Trinajstić information content (AvgIpc) is 2.31. The summed E-state index contributed by atoms with van der Waals surface area (Å²) >= 11 is 0. The lowest BCUT2D eigenvalue weighted by Gasteiger charge is -2.35. The molecule has 0 heterocycles. The lowest BCUT2D eigenvalue weighted by molar-refractivity contribution is 0.0937. The first-order valence-corrected chi connectivity index (χ1v) is 7.22. The van der Waals surface area contributed by atoms with Crippen LogP contribution in [0.15, 0.2) is 0 Å². The first-order chi connectivity index (χ1) is 7.77. The van der Waals surface area contributed by atoms with Crippen molar-refractivity contribution in [2.45, 2.75) is 71.3 Å². The Bertz CT molecular complexity index is 162. The van der Waals surface area contributed by atoms with E-state index in [-0.39, 0.29) is 0 Å². The molecule has 0 spiro atoms. The largest absolute Gasteiger partial charge is 0.258 e. The minimum absolute atomic E-state index is 0.794. The molecule has 1 saturated carbocycles. The van der Waals surface area contributed by atoms with Gasteiger partial charge >= 0.3 is 0 Å². The summed E-state index contributed by atoms with van der Waals surface area (Å²) in [6, 6.07) is 0.794. The molecule has 0 aromatic carbocycles. The van der Waals surface area contributed by atoms with E-state index in [4.69, 9.17) is 0 Å². The third kappa shape index (κ3) is 4.84. The van der Waals surface area contributed by atoms with E-state index in [1.165, 1.54) is 57.9 Å². The van der Waals surface area contributed by atoms with Crippen LogP contribution in [0.2, 0.25) is 0 Å². The summed E-state index contributed by atoms with van der Waals surface area (Å²) in [5.41, 5.74) is 3.40. The van der Waals surface area contributed by atoms with Crippen molar-refractivity contribution in [3.63, 3.8) is 0 Å². The second kappa shape index (κ2) is 8.08. The summed E-state index contributed by atoms with van der Waals surface area (Å²) in [5.74, 6) is 0.954. The Kier molecular flexibility index (Phi) is 7.06. The smallest absolute Gasteiger partial charge is 0.0243 e. The van der Waals surface area contributed by atoms with Crippen molar-refractivity contribution in [3.05, 3.63) is 0 Å². The van der Waals surface area contributed by atoms with Gasteiger partial charge in [0.05, 0.1) is 0 Å². The van der Waals surface area contributed by atoms with Crippen molar-refractivity contribution < 1.29 is 0 Å². The Morgan fingerprint density at radius 2 is 1.75 bits per heavy atom. The van der Waals surface area contributed by atoms with Crippen molar-refractivity contribution >= 4 is 0 Å². The van der Waals surface area contributed by atoms with Gasteiger partial charge < -0.3 is 0 Å². The molecule has 1 N–H and O–H groups in total. The first-order valence-electron chi connectivity index (χ1n) is 7.22. The summed E-state index contributed by atoms with van der Waals surface area (Å²) in [5, 5.41) is 2.49. The van der Waals surface area contributed by atoms with Gasteiger partial charge in [0.1, 0.15) is 0 Å². The van der Waals surface area contributed by atoms with Crippen LogP contribution >= 0.6 is 0 Å². The quantitative estimate of drug-likeness (QED) is 0.527. The summed E-state index contributed by atoms with van der Waals surface area (Å²) in [6.45, 7) is 5.90. The minimum atomic E-state index is 0.794. The number of hydrogen-bond donors (Lipinski definition) is 1. The molecule has 0 atom stereocenters. The molecular weight excluding hydrogens is 196 g/mol. The predicted molar refractivity (Wildman–Crippen MR) is 71.3 cm³/mol. The lowest BCUT2D eigenvalue weighted by Crippen LogP contribution is -2.45. The Labute approximate surface area is 102 Å². The maximum absolute atomic E-state index is 3.40. The van der Waals surface area contributed by atoms with E-state index in [0.717, 1.165) is 12.0 Å². The van der Waals surface area contributed by atoms with Crippen LogP contribution in [0.25, 0.3) is 0 Å². The van der Waals surface area contributed by atoms with E-state index in [0.29, 0.717) is 0 Å². The van der Waals surface area contributed by atoms with Gasteiger partial charge in [-0.15, -0.1) is 0 Å². The van der Waals surface area contributed by atoms with Gasteiger partial charge in [-0.3, -0.25) is 5.43 Å². The molecule has 0 saturated heterocycles. The van der Waals surface area contributed by atoms with E-state index in [1.54, 1.807) is 0 Å². The highest BCUT2D eigenvalue weighted by molar-refractivity contribution is 4.76. The minimum Gasteiger partial charge on any atom is -0.258 e. The molecule has 1 rings (SSSR count). The fourth-order valence-corrected chi connectivity index (χ4v) is 2.74. The van der Waals surface area contributed by atoms with Gasteiger partial charge in [0.2, 0.25) is 0 Å². The van der Waals surface area contributed by atoms with Crippen molar-refractivity contribution in [2.75, 3.05) is 13.6 Å². The Morgan fingerprint density at radius 1 is 1.06 bits per heavy atom. The summed E-state index contributed by atoms with van der Waals surface area (Å²) < 4.78 is 0. The van der Waals surface area contributed by atoms with E-state index in [9.17, 15) is 0 Å². The second-order valence-electron chi connectivity index (χ2n) is 5.39. The van der Waals surface area contributed by atoms with Crippen LogP contribution in [0.3, 0.4) is 0 Å². The number of hydrazine groups is 1. The van der Waals surface area contributed by atoms with E-state index in [1.807, 2.05) is 0 Å². The maximum Gasteiger partial charge on any atom is 0.0243 e. The van der Waals surface area contributed by atoms with Gasteiger partial charge in [-0.25, -0.2) is 5.01 Å². The molecule has 1 aliphatic carbocycles. The zero-order valence-electron chi connectivity index (χ0n) is 11.5.